The Morgan fingerprint density at radius 2 is 2.05 bits per heavy atom. The van der Waals surface area contributed by atoms with Gasteiger partial charge in [-0.1, -0.05) is 31.2 Å². The van der Waals surface area contributed by atoms with Crippen LogP contribution in [0.1, 0.15) is 30.5 Å². The van der Waals surface area contributed by atoms with Gasteiger partial charge in [-0.15, -0.1) is 0 Å². The van der Waals surface area contributed by atoms with Gasteiger partial charge in [-0.05, 0) is 38.1 Å². The first-order chi connectivity index (χ1) is 9.20. The highest BCUT2D eigenvalue weighted by atomic mass is 16.5. The molecule has 0 bridgehead atoms. The van der Waals surface area contributed by atoms with E-state index in [-0.39, 0.29) is 0 Å². The molecule has 1 aliphatic heterocycles. The van der Waals surface area contributed by atoms with Crippen LogP contribution in [0.2, 0.25) is 0 Å². The van der Waals surface area contributed by atoms with Crippen molar-refractivity contribution in [1.82, 2.24) is 10.2 Å². The Bertz CT molecular complexity index is 369. The third kappa shape index (κ3) is 4.03. The molecule has 3 heteroatoms. The Morgan fingerprint density at radius 1 is 1.32 bits per heavy atom. The fourth-order valence-corrected chi connectivity index (χ4v) is 2.66. The molecule has 1 aromatic rings. The van der Waals surface area contributed by atoms with Crippen LogP contribution in [-0.4, -0.2) is 44.8 Å². The van der Waals surface area contributed by atoms with Gasteiger partial charge in [0.05, 0.1) is 13.2 Å². The summed E-state index contributed by atoms with van der Waals surface area (Å²) in [5.41, 5.74) is 2.80. The number of hydrogen-bond donors (Lipinski definition) is 1. The topological polar surface area (TPSA) is 24.5 Å². The number of hydrogen-bond acceptors (Lipinski definition) is 3. The van der Waals surface area contributed by atoms with Crippen LogP contribution in [0.5, 0.6) is 0 Å². The van der Waals surface area contributed by atoms with Crippen molar-refractivity contribution in [3.05, 3.63) is 35.4 Å². The van der Waals surface area contributed by atoms with Crippen molar-refractivity contribution in [2.75, 3.05) is 33.9 Å². The van der Waals surface area contributed by atoms with Gasteiger partial charge in [0.15, 0.2) is 0 Å². The maximum Gasteiger partial charge on any atom is 0.0620 e. The molecule has 2 rings (SSSR count). The molecule has 3 nitrogen and oxygen atoms in total. The van der Waals surface area contributed by atoms with Crippen molar-refractivity contribution in [1.29, 1.82) is 0 Å². The largest absolute Gasteiger partial charge is 0.379 e. The van der Waals surface area contributed by atoms with E-state index in [0.29, 0.717) is 12.1 Å². The van der Waals surface area contributed by atoms with Gasteiger partial charge in [0.1, 0.15) is 0 Å². The number of ether oxygens (including phenoxy) is 1. The van der Waals surface area contributed by atoms with E-state index in [1.54, 1.807) is 0 Å². The maximum absolute atomic E-state index is 5.55. The van der Waals surface area contributed by atoms with E-state index in [2.05, 4.69) is 55.5 Å². The predicted molar refractivity (Wildman–Crippen MR) is 79.5 cm³/mol. The average Bonchev–Trinajstić information content (AvgIpc) is 2.46. The molecular weight excluding hydrogens is 236 g/mol. The summed E-state index contributed by atoms with van der Waals surface area (Å²) in [6.07, 6.45) is 2.20. The van der Waals surface area contributed by atoms with Crippen molar-refractivity contribution in [3.8, 4) is 0 Å². The molecule has 1 saturated heterocycles. The van der Waals surface area contributed by atoms with Crippen LogP contribution in [0, 0.1) is 0 Å². The van der Waals surface area contributed by atoms with Gasteiger partial charge in [0.25, 0.3) is 0 Å². The van der Waals surface area contributed by atoms with E-state index in [9.17, 15) is 0 Å². The summed E-state index contributed by atoms with van der Waals surface area (Å²) in [6, 6.07) is 9.95. The van der Waals surface area contributed by atoms with Crippen LogP contribution >= 0.6 is 0 Å². The van der Waals surface area contributed by atoms with Gasteiger partial charge in [-0.3, -0.25) is 0 Å². The Hall–Kier alpha value is -0.900. The Labute approximate surface area is 116 Å². The summed E-state index contributed by atoms with van der Waals surface area (Å²) in [6.45, 7) is 4.84. The third-order valence-corrected chi connectivity index (χ3v) is 3.90. The van der Waals surface area contributed by atoms with Crippen LogP contribution in [0.25, 0.3) is 0 Å². The monoisotopic (exact) mass is 262 g/mol. The fraction of sp³-hybridized carbons (Fsp3) is 0.625. The molecule has 19 heavy (non-hydrogen) atoms. The minimum absolute atomic E-state index is 0.449. The van der Waals surface area contributed by atoms with Crippen molar-refractivity contribution in [2.45, 2.75) is 31.8 Å². The summed E-state index contributed by atoms with van der Waals surface area (Å²) in [5, 5.41) is 3.55. The molecule has 1 heterocycles. The second kappa shape index (κ2) is 7.04. The zero-order valence-corrected chi connectivity index (χ0v) is 12.4. The molecule has 1 aromatic carbocycles. The summed E-state index contributed by atoms with van der Waals surface area (Å²) in [4.78, 5) is 2.30. The lowest BCUT2D eigenvalue weighted by atomic mass is 9.97. The smallest absolute Gasteiger partial charge is 0.0620 e. The molecular formula is C16H26N2O. The predicted octanol–water partition coefficient (Wildman–Crippen LogP) is 2.23. The molecule has 0 amide bonds. The molecule has 0 saturated carbocycles. The van der Waals surface area contributed by atoms with E-state index in [0.717, 1.165) is 32.6 Å². The van der Waals surface area contributed by atoms with E-state index in [1.807, 2.05) is 0 Å². The molecule has 2 atom stereocenters. The zero-order valence-electron chi connectivity index (χ0n) is 12.4. The molecule has 0 radical (unpaired) electrons. The SMILES string of the molecule is CCc1ccc(C(CC2COCCN2)N(C)C)cc1. The number of morpholine rings is 1. The Kier molecular flexibility index (Phi) is 5.37. The fourth-order valence-electron chi connectivity index (χ4n) is 2.66. The van der Waals surface area contributed by atoms with Crippen molar-refractivity contribution in [2.24, 2.45) is 0 Å². The van der Waals surface area contributed by atoms with E-state index >= 15 is 0 Å². The van der Waals surface area contributed by atoms with Crippen molar-refractivity contribution in [3.63, 3.8) is 0 Å². The maximum atomic E-state index is 5.55. The highest BCUT2D eigenvalue weighted by molar-refractivity contribution is 5.25. The van der Waals surface area contributed by atoms with Crippen LogP contribution in [0.15, 0.2) is 24.3 Å². The molecule has 1 aliphatic rings. The summed E-state index contributed by atoms with van der Waals surface area (Å²) in [7, 11) is 4.31. The summed E-state index contributed by atoms with van der Waals surface area (Å²) >= 11 is 0. The quantitative estimate of drug-likeness (QED) is 0.880. The van der Waals surface area contributed by atoms with E-state index < -0.39 is 0 Å². The van der Waals surface area contributed by atoms with Crippen LogP contribution in [-0.2, 0) is 11.2 Å². The molecule has 0 aliphatic carbocycles. The second-order valence-electron chi connectivity index (χ2n) is 5.54. The molecule has 106 valence electrons. The number of benzene rings is 1. The van der Waals surface area contributed by atoms with Gasteiger partial charge in [0.2, 0.25) is 0 Å². The first-order valence-corrected chi connectivity index (χ1v) is 7.27. The lowest BCUT2D eigenvalue weighted by Gasteiger charge is -2.31. The van der Waals surface area contributed by atoms with Gasteiger partial charge in [-0.2, -0.15) is 0 Å². The Morgan fingerprint density at radius 3 is 2.58 bits per heavy atom. The van der Waals surface area contributed by atoms with Crippen molar-refractivity contribution < 1.29 is 4.74 Å². The van der Waals surface area contributed by atoms with E-state index in [4.69, 9.17) is 4.74 Å². The Balaban J connectivity index is 2.05. The number of aryl methyl sites for hydroxylation is 1. The molecule has 2 unspecified atom stereocenters. The average molecular weight is 262 g/mol. The third-order valence-electron chi connectivity index (χ3n) is 3.90. The van der Waals surface area contributed by atoms with E-state index in [1.165, 1.54) is 11.1 Å². The van der Waals surface area contributed by atoms with Gasteiger partial charge in [0, 0.05) is 18.6 Å². The standard InChI is InChI=1S/C16H26N2O/c1-4-13-5-7-14(8-6-13)16(18(2)3)11-15-12-19-10-9-17-15/h5-8,15-17H,4,9-12H2,1-3H3. The van der Waals surface area contributed by atoms with Crippen LogP contribution < -0.4 is 5.32 Å². The van der Waals surface area contributed by atoms with Crippen LogP contribution in [0.3, 0.4) is 0 Å². The highest BCUT2D eigenvalue weighted by Gasteiger charge is 2.21. The second-order valence-corrected chi connectivity index (χ2v) is 5.54. The van der Waals surface area contributed by atoms with Gasteiger partial charge >= 0.3 is 0 Å². The minimum atomic E-state index is 0.449. The summed E-state index contributed by atoms with van der Waals surface area (Å²) in [5.74, 6) is 0. The molecule has 1 fully saturated rings. The lowest BCUT2D eigenvalue weighted by Crippen LogP contribution is -2.43. The zero-order chi connectivity index (χ0) is 13.7. The van der Waals surface area contributed by atoms with Gasteiger partial charge in [-0.25, -0.2) is 0 Å². The highest BCUT2D eigenvalue weighted by Crippen LogP contribution is 2.24. The minimum Gasteiger partial charge on any atom is -0.379 e. The number of nitrogens with zero attached hydrogens (tertiary/aromatic N) is 1. The van der Waals surface area contributed by atoms with Crippen LogP contribution in [0.4, 0.5) is 0 Å². The molecule has 0 spiro atoms. The normalized spacial score (nSPS) is 21.6. The lowest BCUT2D eigenvalue weighted by molar-refractivity contribution is 0.0648. The summed E-state index contributed by atoms with van der Waals surface area (Å²) < 4.78 is 5.55. The first-order valence-electron chi connectivity index (χ1n) is 7.27. The first kappa shape index (κ1) is 14.5. The number of nitrogens with one attached hydrogen (secondary N) is 1. The number of rotatable bonds is 5. The molecule has 1 N–H and O–H groups in total. The van der Waals surface area contributed by atoms with Gasteiger partial charge < -0.3 is 15.0 Å². The molecule has 0 aromatic heterocycles. The van der Waals surface area contributed by atoms with Crippen molar-refractivity contribution >= 4 is 0 Å².